The number of carbonyl (C=O) groups is 1. The number of rotatable bonds is 3. The molecule has 0 saturated carbocycles. The third-order valence-corrected chi connectivity index (χ3v) is 5.83. The van der Waals surface area contributed by atoms with Crippen LogP contribution in [0.2, 0.25) is 5.02 Å². The Morgan fingerprint density at radius 1 is 0.968 bits per heavy atom. The van der Waals surface area contributed by atoms with Gasteiger partial charge in [0.2, 0.25) is 0 Å². The number of halogens is 2. The summed E-state index contributed by atoms with van der Waals surface area (Å²) in [5, 5.41) is 5.29. The number of fused-ring (bicyclic) bond motifs is 1. The van der Waals surface area contributed by atoms with Crippen molar-refractivity contribution in [3.05, 3.63) is 77.2 Å². The lowest BCUT2D eigenvalue weighted by molar-refractivity contribution is 0.0718. The van der Waals surface area contributed by atoms with Crippen molar-refractivity contribution in [3.8, 4) is 22.5 Å². The molecule has 1 aliphatic rings. The summed E-state index contributed by atoms with van der Waals surface area (Å²) >= 11 is 6.01. The monoisotopic (exact) mass is 434 g/mol. The molecule has 0 unspecified atom stereocenters. The Balaban J connectivity index is 1.68. The molecule has 0 atom stereocenters. The first kappa shape index (κ1) is 19.7. The molecule has 0 bridgehead atoms. The fourth-order valence-corrected chi connectivity index (χ4v) is 4.09. The molecule has 1 fully saturated rings. The summed E-state index contributed by atoms with van der Waals surface area (Å²) in [4.78, 5) is 19.6. The van der Waals surface area contributed by atoms with Crippen molar-refractivity contribution in [2.45, 2.75) is 19.3 Å². The van der Waals surface area contributed by atoms with Gasteiger partial charge in [-0.15, -0.1) is 0 Å². The molecule has 1 aliphatic heterocycles. The van der Waals surface area contributed by atoms with Gasteiger partial charge in [-0.05, 0) is 49.6 Å². The maximum absolute atomic E-state index is 14.7. The zero-order chi connectivity index (χ0) is 21.4. The smallest absolute Gasteiger partial charge is 0.272 e. The van der Waals surface area contributed by atoms with E-state index < -0.39 is 0 Å². The number of likely N-dealkylation sites (tertiary alicyclic amines) is 1. The van der Waals surface area contributed by atoms with Gasteiger partial charge in [-0.2, -0.15) is 5.10 Å². The molecule has 1 amide bonds. The van der Waals surface area contributed by atoms with Crippen molar-refractivity contribution in [2.75, 3.05) is 13.1 Å². The fraction of sp³-hybridized carbons (Fsp3) is 0.208. The Labute approximate surface area is 184 Å². The Kier molecular flexibility index (Phi) is 5.16. The standard InChI is InChI=1S/C24H20ClFN4O/c25-17-10-8-16(9-11-17)20-15-23-27-21(24(31)29-12-4-1-5-13-29)14-22(30(23)28-20)18-6-2-3-7-19(18)26/h2-3,6-11,14-15H,1,4-5,12-13H2. The number of aromatic nitrogens is 3. The average Bonchev–Trinajstić information content (AvgIpc) is 3.24. The molecule has 2 aromatic carbocycles. The van der Waals surface area contributed by atoms with Gasteiger partial charge >= 0.3 is 0 Å². The molecule has 31 heavy (non-hydrogen) atoms. The molecule has 0 spiro atoms. The highest BCUT2D eigenvalue weighted by atomic mass is 35.5. The summed E-state index contributed by atoms with van der Waals surface area (Å²) in [6.07, 6.45) is 3.10. The summed E-state index contributed by atoms with van der Waals surface area (Å²) in [5.41, 5.74) is 3.18. The van der Waals surface area contributed by atoms with Gasteiger partial charge in [0.1, 0.15) is 11.5 Å². The maximum atomic E-state index is 14.7. The summed E-state index contributed by atoms with van der Waals surface area (Å²) < 4.78 is 16.3. The van der Waals surface area contributed by atoms with Crippen LogP contribution in [0.1, 0.15) is 29.8 Å². The van der Waals surface area contributed by atoms with Gasteiger partial charge in [-0.1, -0.05) is 35.9 Å². The van der Waals surface area contributed by atoms with Crippen molar-refractivity contribution >= 4 is 23.2 Å². The predicted octanol–water partition coefficient (Wildman–Crippen LogP) is 5.48. The molecular weight excluding hydrogens is 415 g/mol. The van der Waals surface area contributed by atoms with Gasteiger partial charge in [0.05, 0.1) is 11.4 Å². The van der Waals surface area contributed by atoms with Crippen LogP contribution in [-0.4, -0.2) is 38.5 Å². The second-order valence-corrected chi connectivity index (χ2v) is 8.10. The average molecular weight is 435 g/mol. The summed E-state index contributed by atoms with van der Waals surface area (Å²) in [6.45, 7) is 1.44. The molecule has 4 aromatic rings. The lowest BCUT2D eigenvalue weighted by Crippen LogP contribution is -2.36. The SMILES string of the molecule is O=C(c1cc(-c2ccccc2F)n2nc(-c3ccc(Cl)cc3)cc2n1)N1CCCCC1. The van der Waals surface area contributed by atoms with Crippen LogP contribution in [0.5, 0.6) is 0 Å². The molecule has 5 nitrogen and oxygen atoms in total. The molecule has 0 radical (unpaired) electrons. The molecule has 0 aliphatic carbocycles. The second kappa shape index (κ2) is 8.12. The number of carbonyl (C=O) groups excluding carboxylic acids is 1. The van der Waals surface area contributed by atoms with Crippen LogP contribution in [0, 0.1) is 5.82 Å². The molecule has 0 N–H and O–H groups in total. The number of amides is 1. The van der Waals surface area contributed by atoms with E-state index in [1.807, 2.05) is 17.0 Å². The summed E-state index contributed by atoms with van der Waals surface area (Å²) in [6, 6.07) is 17.2. The van der Waals surface area contributed by atoms with E-state index in [9.17, 15) is 9.18 Å². The number of nitrogens with zero attached hydrogens (tertiary/aromatic N) is 4. The minimum Gasteiger partial charge on any atom is -0.337 e. The Morgan fingerprint density at radius 2 is 1.71 bits per heavy atom. The van der Waals surface area contributed by atoms with Crippen LogP contribution in [-0.2, 0) is 0 Å². The van der Waals surface area contributed by atoms with Crippen LogP contribution >= 0.6 is 11.6 Å². The van der Waals surface area contributed by atoms with Gasteiger partial charge < -0.3 is 4.90 Å². The Bertz CT molecular complexity index is 1260. The minimum absolute atomic E-state index is 0.131. The maximum Gasteiger partial charge on any atom is 0.272 e. The van der Waals surface area contributed by atoms with Crippen LogP contribution in [0.3, 0.4) is 0 Å². The van der Waals surface area contributed by atoms with Gasteiger partial charge in [-0.25, -0.2) is 13.9 Å². The normalized spacial score (nSPS) is 14.2. The highest BCUT2D eigenvalue weighted by molar-refractivity contribution is 6.30. The van der Waals surface area contributed by atoms with Crippen LogP contribution in [0.15, 0.2) is 60.7 Å². The topological polar surface area (TPSA) is 50.5 Å². The number of hydrogen-bond donors (Lipinski definition) is 0. The van der Waals surface area contributed by atoms with E-state index in [0.717, 1.165) is 37.9 Å². The van der Waals surface area contributed by atoms with E-state index in [2.05, 4.69) is 10.1 Å². The number of piperidine rings is 1. The lowest BCUT2D eigenvalue weighted by atomic mass is 10.1. The second-order valence-electron chi connectivity index (χ2n) is 7.67. The minimum atomic E-state index is -0.380. The summed E-state index contributed by atoms with van der Waals surface area (Å²) in [7, 11) is 0. The van der Waals surface area contributed by atoms with Crippen LogP contribution in [0.4, 0.5) is 4.39 Å². The quantitative estimate of drug-likeness (QED) is 0.429. The van der Waals surface area contributed by atoms with Crippen molar-refractivity contribution in [2.24, 2.45) is 0 Å². The van der Waals surface area contributed by atoms with Crippen molar-refractivity contribution < 1.29 is 9.18 Å². The van der Waals surface area contributed by atoms with E-state index in [1.165, 1.54) is 6.07 Å². The predicted molar refractivity (Wildman–Crippen MR) is 119 cm³/mol. The Hall–Kier alpha value is -3.25. The summed E-state index contributed by atoms with van der Waals surface area (Å²) in [5.74, 6) is -0.510. The van der Waals surface area contributed by atoms with E-state index in [-0.39, 0.29) is 11.7 Å². The number of benzene rings is 2. The first-order valence-corrected chi connectivity index (χ1v) is 10.7. The Morgan fingerprint density at radius 3 is 2.45 bits per heavy atom. The molecule has 2 aromatic heterocycles. The van der Waals surface area contributed by atoms with E-state index in [4.69, 9.17) is 11.6 Å². The van der Waals surface area contributed by atoms with Gasteiger partial charge in [0, 0.05) is 35.3 Å². The zero-order valence-electron chi connectivity index (χ0n) is 16.8. The van der Waals surface area contributed by atoms with Crippen LogP contribution in [0.25, 0.3) is 28.2 Å². The first-order chi connectivity index (χ1) is 15.1. The van der Waals surface area contributed by atoms with Gasteiger partial charge in [0.25, 0.3) is 5.91 Å². The molecule has 7 heteroatoms. The van der Waals surface area contributed by atoms with Crippen molar-refractivity contribution in [1.29, 1.82) is 0 Å². The van der Waals surface area contributed by atoms with E-state index in [1.54, 1.807) is 47.0 Å². The highest BCUT2D eigenvalue weighted by Gasteiger charge is 2.23. The highest BCUT2D eigenvalue weighted by Crippen LogP contribution is 2.28. The van der Waals surface area contributed by atoms with E-state index in [0.29, 0.717) is 33.3 Å². The first-order valence-electron chi connectivity index (χ1n) is 10.3. The molecule has 1 saturated heterocycles. The zero-order valence-corrected chi connectivity index (χ0v) is 17.5. The largest absolute Gasteiger partial charge is 0.337 e. The molecule has 3 heterocycles. The number of hydrogen-bond acceptors (Lipinski definition) is 3. The van der Waals surface area contributed by atoms with Gasteiger partial charge in [0.15, 0.2) is 5.65 Å². The fourth-order valence-electron chi connectivity index (χ4n) is 3.97. The van der Waals surface area contributed by atoms with Crippen molar-refractivity contribution in [3.63, 3.8) is 0 Å². The van der Waals surface area contributed by atoms with Gasteiger partial charge in [-0.3, -0.25) is 4.79 Å². The van der Waals surface area contributed by atoms with Crippen molar-refractivity contribution in [1.82, 2.24) is 19.5 Å². The lowest BCUT2D eigenvalue weighted by Gasteiger charge is -2.26. The van der Waals surface area contributed by atoms with E-state index >= 15 is 0 Å². The van der Waals surface area contributed by atoms with Crippen LogP contribution < -0.4 is 0 Å². The third-order valence-electron chi connectivity index (χ3n) is 5.58. The molecular formula is C24H20ClFN4O. The third kappa shape index (κ3) is 3.79. The molecule has 5 rings (SSSR count). The molecule has 156 valence electrons.